The number of benzene rings is 1. The summed E-state index contributed by atoms with van der Waals surface area (Å²) in [5, 5.41) is 10.9. The number of nitro groups is 1. The van der Waals surface area contributed by atoms with E-state index in [0.717, 1.165) is 12.0 Å². The Labute approximate surface area is 106 Å². The summed E-state index contributed by atoms with van der Waals surface area (Å²) in [5.74, 6) is 0.272. The Morgan fingerprint density at radius 2 is 2.11 bits per heavy atom. The third-order valence-electron chi connectivity index (χ3n) is 2.38. The molecule has 0 heterocycles. The first-order chi connectivity index (χ1) is 8.69. The second-order valence-electron chi connectivity index (χ2n) is 3.66. The summed E-state index contributed by atoms with van der Waals surface area (Å²) in [7, 11) is 0. The molecule has 100 valence electrons. The van der Waals surface area contributed by atoms with E-state index >= 15 is 0 Å². The Kier molecular flexibility index (Phi) is 6.10. The van der Waals surface area contributed by atoms with Gasteiger partial charge >= 0.3 is 5.69 Å². The van der Waals surface area contributed by atoms with Gasteiger partial charge in [-0.15, -0.1) is 0 Å². The Morgan fingerprint density at radius 3 is 2.72 bits per heavy atom. The van der Waals surface area contributed by atoms with Gasteiger partial charge in [-0.05, 0) is 18.1 Å². The highest BCUT2D eigenvalue weighted by Crippen LogP contribution is 2.28. The lowest BCUT2D eigenvalue weighted by Crippen LogP contribution is -2.13. The first kappa shape index (κ1) is 14.4. The largest absolute Gasteiger partial charge is 0.484 e. The summed E-state index contributed by atoms with van der Waals surface area (Å²) in [6.45, 7) is 3.49. The van der Waals surface area contributed by atoms with Crippen molar-refractivity contribution in [3.63, 3.8) is 0 Å². The number of nitrogens with zero attached hydrogens (tertiary/aromatic N) is 1. The van der Waals surface area contributed by atoms with E-state index in [1.54, 1.807) is 6.07 Å². The molecule has 0 bridgehead atoms. The average Bonchev–Trinajstić information content (AvgIpc) is 2.38. The van der Waals surface area contributed by atoms with Crippen molar-refractivity contribution in [2.24, 2.45) is 5.73 Å². The van der Waals surface area contributed by atoms with E-state index in [2.05, 4.69) is 0 Å². The molecule has 0 fully saturated rings. The minimum atomic E-state index is -0.435. The number of nitrogens with two attached hydrogens (primary N) is 1. The number of nitro benzene ring substituents is 1. The Bertz CT molecular complexity index is 396. The fourth-order valence-corrected chi connectivity index (χ4v) is 1.44. The molecule has 6 heteroatoms. The van der Waals surface area contributed by atoms with E-state index < -0.39 is 4.92 Å². The second kappa shape index (κ2) is 7.62. The zero-order valence-corrected chi connectivity index (χ0v) is 10.4. The molecule has 0 aliphatic carbocycles. The minimum Gasteiger partial charge on any atom is -0.484 e. The van der Waals surface area contributed by atoms with Crippen molar-refractivity contribution in [3.8, 4) is 5.75 Å². The van der Waals surface area contributed by atoms with Crippen molar-refractivity contribution in [1.82, 2.24) is 0 Å². The van der Waals surface area contributed by atoms with Gasteiger partial charge in [-0.2, -0.15) is 0 Å². The van der Waals surface area contributed by atoms with Crippen molar-refractivity contribution in [2.45, 2.75) is 13.3 Å². The molecule has 0 aliphatic rings. The van der Waals surface area contributed by atoms with Gasteiger partial charge in [0, 0.05) is 12.6 Å². The zero-order chi connectivity index (χ0) is 13.4. The molecule has 0 saturated heterocycles. The second-order valence-corrected chi connectivity index (χ2v) is 3.66. The molecule has 0 aliphatic heterocycles. The highest BCUT2D eigenvalue weighted by Gasteiger charge is 2.15. The van der Waals surface area contributed by atoms with Crippen molar-refractivity contribution in [3.05, 3.63) is 33.9 Å². The molecular weight excluding hydrogens is 236 g/mol. The highest BCUT2D eigenvalue weighted by molar-refractivity contribution is 5.48. The smallest absolute Gasteiger partial charge is 0.311 e. The summed E-state index contributed by atoms with van der Waals surface area (Å²) < 4.78 is 10.5. The van der Waals surface area contributed by atoms with Crippen molar-refractivity contribution < 1.29 is 14.4 Å². The normalized spacial score (nSPS) is 10.3. The molecule has 0 unspecified atom stereocenters. The van der Waals surface area contributed by atoms with E-state index in [1.807, 2.05) is 13.0 Å². The van der Waals surface area contributed by atoms with E-state index in [4.69, 9.17) is 15.2 Å². The molecule has 0 amide bonds. The maximum Gasteiger partial charge on any atom is 0.311 e. The zero-order valence-electron chi connectivity index (χ0n) is 10.4. The van der Waals surface area contributed by atoms with Gasteiger partial charge < -0.3 is 15.2 Å². The fourth-order valence-electron chi connectivity index (χ4n) is 1.44. The van der Waals surface area contributed by atoms with E-state index in [9.17, 15) is 10.1 Å². The minimum absolute atomic E-state index is 0.00632. The molecule has 6 nitrogen and oxygen atoms in total. The number of ether oxygens (including phenoxy) is 2. The summed E-state index contributed by atoms with van der Waals surface area (Å²) in [6.07, 6.45) is 0.751. The van der Waals surface area contributed by atoms with Crippen LogP contribution in [0.3, 0.4) is 0 Å². The Balaban J connectivity index is 2.61. The van der Waals surface area contributed by atoms with Crippen LogP contribution < -0.4 is 10.5 Å². The van der Waals surface area contributed by atoms with Gasteiger partial charge in [0.1, 0.15) is 6.61 Å². The van der Waals surface area contributed by atoms with Gasteiger partial charge in [0.05, 0.1) is 18.1 Å². The van der Waals surface area contributed by atoms with Crippen LogP contribution in [-0.4, -0.2) is 31.3 Å². The first-order valence-corrected chi connectivity index (χ1v) is 5.87. The van der Waals surface area contributed by atoms with E-state index in [0.29, 0.717) is 19.8 Å². The third-order valence-corrected chi connectivity index (χ3v) is 2.38. The Hall–Kier alpha value is -1.66. The molecule has 1 rings (SSSR count). The molecule has 18 heavy (non-hydrogen) atoms. The van der Waals surface area contributed by atoms with Crippen LogP contribution >= 0.6 is 0 Å². The highest BCUT2D eigenvalue weighted by atomic mass is 16.6. The van der Waals surface area contributed by atoms with Crippen LogP contribution in [0.4, 0.5) is 5.69 Å². The summed E-state index contributed by atoms with van der Waals surface area (Å²) in [4.78, 5) is 10.5. The lowest BCUT2D eigenvalue weighted by atomic mass is 10.1. The van der Waals surface area contributed by atoms with Crippen molar-refractivity contribution in [2.75, 3.05) is 26.4 Å². The summed E-state index contributed by atoms with van der Waals surface area (Å²) in [6, 6.07) is 4.99. The van der Waals surface area contributed by atoms with Crippen LogP contribution in [0.1, 0.15) is 12.5 Å². The molecule has 0 spiro atoms. The molecule has 0 radical (unpaired) electrons. The van der Waals surface area contributed by atoms with Crippen LogP contribution in [0.15, 0.2) is 18.2 Å². The molecular formula is C12H18N2O4. The van der Waals surface area contributed by atoms with Gasteiger partial charge in [0.2, 0.25) is 0 Å². The average molecular weight is 254 g/mol. The van der Waals surface area contributed by atoms with Gasteiger partial charge in [-0.25, -0.2) is 0 Å². The lowest BCUT2D eigenvalue weighted by molar-refractivity contribution is -0.385. The maximum absolute atomic E-state index is 10.9. The van der Waals surface area contributed by atoms with Crippen LogP contribution in [0.25, 0.3) is 0 Å². The maximum atomic E-state index is 10.9. The van der Waals surface area contributed by atoms with Gasteiger partial charge in [0.15, 0.2) is 5.75 Å². The first-order valence-electron chi connectivity index (χ1n) is 5.87. The standard InChI is InChI=1S/C12H18N2O4/c1-2-10-3-4-12(11(9-10)14(15)16)18-8-7-17-6-5-13/h3-4,9H,2,5-8,13H2,1H3. The number of aryl methyl sites for hydroxylation is 1. The Morgan fingerprint density at radius 1 is 1.33 bits per heavy atom. The molecule has 2 N–H and O–H groups in total. The summed E-state index contributed by atoms with van der Waals surface area (Å²) >= 11 is 0. The monoisotopic (exact) mass is 254 g/mol. The van der Waals surface area contributed by atoms with Gasteiger partial charge in [0.25, 0.3) is 0 Å². The summed E-state index contributed by atoms with van der Waals surface area (Å²) in [5.41, 5.74) is 6.17. The number of hydrogen-bond donors (Lipinski definition) is 1. The van der Waals surface area contributed by atoms with E-state index in [-0.39, 0.29) is 18.0 Å². The number of hydrogen-bond acceptors (Lipinski definition) is 5. The topological polar surface area (TPSA) is 87.6 Å². The van der Waals surface area contributed by atoms with Crippen LogP contribution in [0.2, 0.25) is 0 Å². The lowest BCUT2D eigenvalue weighted by Gasteiger charge is -2.08. The predicted octanol–water partition coefficient (Wildman–Crippen LogP) is 1.51. The SMILES string of the molecule is CCc1ccc(OCCOCCN)c([N+](=O)[O-])c1. The fraction of sp³-hybridized carbons (Fsp3) is 0.500. The number of rotatable bonds is 8. The molecule has 0 aromatic heterocycles. The quantitative estimate of drug-likeness (QED) is 0.431. The van der Waals surface area contributed by atoms with Crippen LogP contribution in [0, 0.1) is 10.1 Å². The third kappa shape index (κ3) is 4.31. The van der Waals surface area contributed by atoms with Gasteiger partial charge in [-0.1, -0.05) is 13.0 Å². The molecule has 0 atom stereocenters. The van der Waals surface area contributed by atoms with Crippen molar-refractivity contribution in [1.29, 1.82) is 0 Å². The van der Waals surface area contributed by atoms with E-state index in [1.165, 1.54) is 6.07 Å². The molecule has 1 aromatic rings. The van der Waals surface area contributed by atoms with Crippen LogP contribution in [0.5, 0.6) is 5.75 Å². The predicted molar refractivity (Wildman–Crippen MR) is 67.8 cm³/mol. The van der Waals surface area contributed by atoms with Crippen LogP contribution in [-0.2, 0) is 11.2 Å². The van der Waals surface area contributed by atoms with Crippen molar-refractivity contribution >= 4 is 5.69 Å². The molecule has 0 saturated carbocycles. The molecule has 1 aromatic carbocycles. The van der Waals surface area contributed by atoms with Gasteiger partial charge in [-0.3, -0.25) is 10.1 Å².